The smallest absolute Gasteiger partial charge is 0.270 e. The molecule has 0 aromatic heterocycles. The van der Waals surface area contributed by atoms with Crippen LogP contribution in [0.1, 0.15) is 51.7 Å². The molecule has 0 radical (unpaired) electrons. The molecule has 1 aromatic rings. The Balaban J connectivity index is 2.96. The molecule has 0 N–H and O–H groups in total. The molecule has 0 aliphatic carbocycles. The van der Waals surface area contributed by atoms with Crippen LogP contribution in [-0.4, -0.2) is 5.78 Å². The average molecular weight is 413 g/mol. The molecule has 1 aromatic carbocycles. The van der Waals surface area contributed by atoms with E-state index in [1.165, 1.54) is 6.07 Å². The molecular formula is C21H27BrF2O. The lowest BCUT2D eigenvalue weighted by Crippen LogP contribution is -2.10. The first kappa shape index (κ1) is 21.8. The third-order valence-corrected chi connectivity index (χ3v) is 4.93. The molecule has 2 atom stereocenters. The molecular weight excluding hydrogens is 386 g/mol. The maximum atomic E-state index is 13.6. The maximum Gasteiger partial charge on any atom is 0.270 e. The van der Waals surface area contributed by atoms with E-state index >= 15 is 0 Å². The van der Waals surface area contributed by atoms with Gasteiger partial charge in [0.25, 0.3) is 5.92 Å². The van der Waals surface area contributed by atoms with Crippen LogP contribution >= 0.6 is 15.9 Å². The fourth-order valence-corrected chi connectivity index (χ4v) is 3.27. The van der Waals surface area contributed by atoms with Crippen LogP contribution in [-0.2, 0) is 17.1 Å². The lowest BCUT2D eigenvalue weighted by molar-refractivity contribution is -0.114. The Hall–Kier alpha value is -1.29. The zero-order valence-electron chi connectivity index (χ0n) is 15.4. The Bertz CT molecular complexity index is 644. The van der Waals surface area contributed by atoms with Gasteiger partial charge in [-0.2, -0.15) is 0 Å². The summed E-state index contributed by atoms with van der Waals surface area (Å²) in [4.78, 5) is 11.9. The van der Waals surface area contributed by atoms with Crippen molar-refractivity contribution in [2.75, 3.05) is 0 Å². The third-order valence-electron chi connectivity index (χ3n) is 4.48. The molecule has 0 heterocycles. The van der Waals surface area contributed by atoms with Crippen LogP contribution in [0.5, 0.6) is 0 Å². The van der Waals surface area contributed by atoms with Gasteiger partial charge in [-0.3, -0.25) is 4.79 Å². The average Bonchev–Trinajstić information content (AvgIpc) is 2.52. The standard InChI is InChI=1S/C21H27BrF2O/c1-6-14(3)20(15(4)25)12-16(7-2)8-9-17-10-18(21(5,23)24)13-19(22)11-17/h7,10-14,16H,2,6,8-9H2,1,3-5H3/b20-12+. The van der Waals surface area contributed by atoms with E-state index in [4.69, 9.17) is 0 Å². The van der Waals surface area contributed by atoms with Crippen molar-refractivity contribution < 1.29 is 13.6 Å². The summed E-state index contributed by atoms with van der Waals surface area (Å²) in [5.74, 6) is -2.54. The quantitative estimate of drug-likeness (QED) is 0.319. The zero-order chi connectivity index (χ0) is 19.2. The summed E-state index contributed by atoms with van der Waals surface area (Å²) in [6.07, 6.45) is 6.06. The number of alkyl halides is 2. The summed E-state index contributed by atoms with van der Waals surface area (Å²) in [6, 6.07) is 4.86. The first-order valence-corrected chi connectivity index (χ1v) is 9.40. The highest BCUT2D eigenvalue weighted by molar-refractivity contribution is 9.10. The third kappa shape index (κ3) is 6.85. The van der Waals surface area contributed by atoms with E-state index in [9.17, 15) is 13.6 Å². The minimum atomic E-state index is -2.87. The van der Waals surface area contributed by atoms with Gasteiger partial charge in [-0.1, -0.05) is 41.9 Å². The molecule has 1 nitrogen and oxygen atoms in total. The van der Waals surface area contributed by atoms with Gasteiger partial charge in [0.15, 0.2) is 5.78 Å². The highest BCUT2D eigenvalue weighted by Gasteiger charge is 2.25. The predicted octanol–water partition coefficient (Wildman–Crippen LogP) is 6.86. The second-order valence-electron chi connectivity index (χ2n) is 6.66. The highest BCUT2D eigenvalue weighted by atomic mass is 79.9. The van der Waals surface area contributed by atoms with Gasteiger partial charge in [0.1, 0.15) is 0 Å². The maximum absolute atomic E-state index is 13.6. The summed E-state index contributed by atoms with van der Waals surface area (Å²) < 4.78 is 27.8. The van der Waals surface area contributed by atoms with Crippen molar-refractivity contribution in [2.24, 2.45) is 11.8 Å². The number of carbonyl (C=O) groups is 1. The number of carbonyl (C=O) groups excluding carboxylic acids is 1. The number of benzene rings is 1. The van der Waals surface area contributed by atoms with Crippen LogP contribution in [0.2, 0.25) is 0 Å². The Labute approximate surface area is 158 Å². The zero-order valence-corrected chi connectivity index (χ0v) is 17.0. The fraction of sp³-hybridized carbons (Fsp3) is 0.476. The summed E-state index contributed by atoms with van der Waals surface area (Å²) in [7, 11) is 0. The van der Waals surface area contributed by atoms with Crippen LogP contribution in [0, 0.1) is 11.8 Å². The molecule has 0 aliphatic heterocycles. The topological polar surface area (TPSA) is 17.1 Å². The van der Waals surface area contributed by atoms with Crippen molar-refractivity contribution in [1.29, 1.82) is 0 Å². The first-order chi connectivity index (χ1) is 11.6. The van der Waals surface area contributed by atoms with Gasteiger partial charge in [-0.25, -0.2) is 8.78 Å². The number of halogens is 3. The number of Topliss-reactive ketones (excluding diaryl/α,β-unsaturated/α-hetero) is 1. The van der Waals surface area contributed by atoms with Gasteiger partial charge >= 0.3 is 0 Å². The number of aryl methyl sites for hydroxylation is 1. The molecule has 4 heteroatoms. The molecule has 0 spiro atoms. The van der Waals surface area contributed by atoms with E-state index in [0.717, 1.165) is 30.9 Å². The molecule has 2 unspecified atom stereocenters. The molecule has 0 aliphatic rings. The van der Waals surface area contributed by atoms with E-state index < -0.39 is 5.92 Å². The van der Waals surface area contributed by atoms with Gasteiger partial charge < -0.3 is 0 Å². The van der Waals surface area contributed by atoms with E-state index in [2.05, 4.69) is 29.4 Å². The molecule has 0 amide bonds. The van der Waals surface area contributed by atoms with Crippen molar-refractivity contribution in [3.8, 4) is 0 Å². The van der Waals surface area contributed by atoms with Crippen LogP contribution < -0.4 is 0 Å². The van der Waals surface area contributed by atoms with Crippen LogP contribution in [0.4, 0.5) is 8.78 Å². The lowest BCUT2D eigenvalue weighted by atomic mass is 9.89. The van der Waals surface area contributed by atoms with Crippen LogP contribution in [0.25, 0.3) is 0 Å². The van der Waals surface area contributed by atoms with E-state index in [0.29, 0.717) is 10.9 Å². The molecule has 138 valence electrons. The Morgan fingerprint density at radius 2 is 2.00 bits per heavy atom. The Morgan fingerprint density at radius 1 is 1.36 bits per heavy atom. The monoisotopic (exact) mass is 412 g/mol. The SMILES string of the molecule is C=CC(/C=C(/C(C)=O)C(C)CC)CCc1cc(Br)cc(C(C)(F)F)c1. The largest absolute Gasteiger partial charge is 0.295 e. The predicted molar refractivity (Wildman–Crippen MR) is 104 cm³/mol. The molecule has 0 fully saturated rings. The van der Waals surface area contributed by atoms with Gasteiger partial charge in [0.2, 0.25) is 0 Å². The lowest BCUT2D eigenvalue weighted by Gasteiger charge is -2.16. The number of allylic oxidation sites excluding steroid dienone is 3. The number of hydrogen-bond acceptors (Lipinski definition) is 1. The molecule has 25 heavy (non-hydrogen) atoms. The Morgan fingerprint density at radius 3 is 2.48 bits per heavy atom. The van der Waals surface area contributed by atoms with Crippen LogP contribution in [0.15, 0.2) is 47.0 Å². The molecule has 0 bridgehead atoms. The van der Waals surface area contributed by atoms with Gasteiger partial charge in [-0.15, -0.1) is 6.58 Å². The summed E-state index contributed by atoms with van der Waals surface area (Å²) in [6.45, 7) is 10.4. The fourth-order valence-electron chi connectivity index (χ4n) is 2.73. The van der Waals surface area contributed by atoms with Crippen molar-refractivity contribution >= 4 is 21.7 Å². The first-order valence-electron chi connectivity index (χ1n) is 8.61. The molecule has 0 saturated heterocycles. The van der Waals surface area contributed by atoms with Crippen LogP contribution in [0.3, 0.4) is 0 Å². The van der Waals surface area contributed by atoms with Crippen molar-refractivity contribution in [3.05, 3.63) is 58.1 Å². The number of ketones is 1. The number of rotatable bonds is 9. The summed E-state index contributed by atoms with van der Waals surface area (Å²) >= 11 is 3.31. The normalized spacial score (nSPS) is 14.9. The molecule has 0 saturated carbocycles. The van der Waals surface area contributed by atoms with Crippen molar-refractivity contribution in [1.82, 2.24) is 0 Å². The minimum absolute atomic E-state index is 0.00611. The Kier molecular flexibility index (Phi) is 8.20. The van der Waals surface area contributed by atoms with Crippen molar-refractivity contribution in [2.45, 2.75) is 52.9 Å². The second kappa shape index (κ2) is 9.42. The van der Waals surface area contributed by atoms with Crippen molar-refractivity contribution in [3.63, 3.8) is 0 Å². The summed E-state index contributed by atoms with van der Waals surface area (Å²) in [5, 5.41) is 0. The highest BCUT2D eigenvalue weighted by Crippen LogP contribution is 2.31. The van der Waals surface area contributed by atoms with Gasteiger partial charge in [0.05, 0.1) is 0 Å². The minimum Gasteiger partial charge on any atom is -0.295 e. The van der Waals surface area contributed by atoms with E-state index in [-0.39, 0.29) is 23.2 Å². The van der Waals surface area contributed by atoms with E-state index in [1.807, 2.05) is 25.1 Å². The second-order valence-corrected chi connectivity index (χ2v) is 7.58. The number of hydrogen-bond donors (Lipinski definition) is 0. The van der Waals surface area contributed by atoms with Gasteiger partial charge in [-0.05, 0) is 67.4 Å². The van der Waals surface area contributed by atoms with E-state index in [1.54, 1.807) is 13.0 Å². The molecule has 1 rings (SSSR count). The van der Waals surface area contributed by atoms with Gasteiger partial charge in [0, 0.05) is 17.0 Å². The summed E-state index contributed by atoms with van der Waals surface area (Å²) in [5.41, 5.74) is 1.67.